The van der Waals surface area contributed by atoms with Gasteiger partial charge in [-0.2, -0.15) is 0 Å². The van der Waals surface area contributed by atoms with Gasteiger partial charge in [-0.3, -0.25) is 9.59 Å². The fourth-order valence-electron chi connectivity index (χ4n) is 3.55. The number of hydrogen-bond donors (Lipinski definition) is 0. The molecule has 5 nitrogen and oxygen atoms in total. The SMILES string of the molecule is Cc1c(CCc2ccccc2)nc2ncn(C)c(=O)c2c1C(=O)c1ccccc1. The minimum atomic E-state index is -0.264. The van der Waals surface area contributed by atoms with E-state index in [1.165, 1.54) is 16.5 Å². The van der Waals surface area contributed by atoms with Crippen LogP contribution in [0.2, 0.25) is 0 Å². The lowest BCUT2D eigenvalue weighted by Crippen LogP contribution is -2.22. The topological polar surface area (TPSA) is 64.8 Å². The van der Waals surface area contributed by atoms with Crippen molar-refractivity contribution in [1.29, 1.82) is 0 Å². The first kappa shape index (κ1) is 18.7. The molecular formula is C24H21N3O2. The number of aromatic nitrogens is 3. The molecule has 0 aliphatic heterocycles. The molecule has 0 aliphatic carbocycles. The lowest BCUT2D eigenvalue weighted by atomic mass is 9.94. The first-order valence-electron chi connectivity index (χ1n) is 9.54. The Morgan fingerprint density at radius 3 is 2.31 bits per heavy atom. The van der Waals surface area contributed by atoms with Crippen LogP contribution in [-0.2, 0) is 19.9 Å². The Morgan fingerprint density at radius 2 is 1.62 bits per heavy atom. The van der Waals surface area contributed by atoms with Gasteiger partial charge in [0.1, 0.15) is 0 Å². The maximum atomic E-state index is 13.4. The van der Waals surface area contributed by atoms with Crippen molar-refractivity contribution in [3.8, 4) is 0 Å². The number of nitrogens with zero attached hydrogens (tertiary/aromatic N) is 3. The number of pyridine rings is 1. The molecule has 0 bridgehead atoms. The van der Waals surface area contributed by atoms with Crippen molar-refractivity contribution in [2.75, 3.05) is 0 Å². The Kier molecular flexibility index (Phi) is 5.04. The molecule has 2 aromatic carbocycles. The number of carbonyl (C=O) groups is 1. The summed E-state index contributed by atoms with van der Waals surface area (Å²) in [4.78, 5) is 35.2. The van der Waals surface area contributed by atoms with Crippen LogP contribution >= 0.6 is 0 Å². The van der Waals surface area contributed by atoms with Crippen molar-refractivity contribution in [2.45, 2.75) is 19.8 Å². The molecule has 0 atom stereocenters. The van der Waals surface area contributed by atoms with Gasteiger partial charge in [-0.1, -0.05) is 60.7 Å². The van der Waals surface area contributed by atoms with Gasteiger partial charge in [0, 0.05) is 23.9 Å². The maximum absolute atomic E-state index is 13.4. The van der Waals surface area contributed by atoms with E-state index in [0.717, 1.165) is 17.7 Å². The highest BCUT2D eigenvalue weighted by atomic mass is 16.1. The summed E-state index contributed by atoms with van der Waals surface area (Å²) in [5.41, 5.74) is 3.73. The standard InChI is InChI=1S/C24H21N3O2/c1-16-19(14-13-17-9-5-3-6-10-17)26-23-21(24(29)27(2)15-25-23)20(16)22(28)18-11-7-4-8-12-18/h3-12,15H,13-14H2,1-2H3. The first-order chi connectivity index (χ1) is 14.1. The molecular weight excluding hydrogens is 362 g/mol. The van der Waals surface area contributed by atoms with E-state index in [-0.39, 0.29) is 16.7 Å². The average molecular weight is 383 g/mol. The van der Waals surface area contributed by atoms with Gasteiger partial charge in [0.15, 0.2) is 11.4 Å². The summed E-state index contributed by atoms with van der Waals surface area (Å²) in [5.74, 6) is -0.179. The van der Waals surface area contributed by atoms with Gasteiger partial charge in [-0.15, -0.1) is 0 Å². The highest BCUT2D eigenvalue weighted by Crippen LogP contribution is 2.24. The number of ketones is 1. The van der Waals surface area contributed by atoms with Crippen molar-refractivity contribution in [1.82, 2.24) is 14.5 Å². The van der Waals surface area contributed by atoms with Crippen LogP contribution in [-0.4, -0.2) is 20.3 Å². The second kappa shape index (κ2) is 7.80. The number of benzene rings is 2. The smallest absolute Gasteiger partial charge is 0.263 e. The van der Waals surface area contributed by atoms with Crippen LogP contribution in [0.1, 0.15) is 32.7 Å². The van der Waals surface area contributed by atoms with Crippen LogP contribution in [0.5, 0.6) is 0 Å². The number of rotatable bonds is 5. The van der Waals surface area contributed by atoms with E-state index in [1.54, 1.807) is 19.2 Å². The second-order valence-corrected chi connectivity index (χ2v) is 7.10. The quantitative estimate of drug-likeness (QED) is 0.494. The minimum Gasteiger partial charge on any atom is -0.302 e. The molecule has 0 aliphatic rings. The van der Waals surface area contributed by atoms with E-state index >= 15 is 0 Å². The second-order valence-electron chi connectivity index (χ2n) is 7.10. The molecule has 5 heteroatoms. The Balaban J connectivity index is 1.89. The third kappa shape index (κ3) is 3.59. The van der Waals surface area contributed by atoms with Gasteiger partial charge in [-0.25, -0.2) is 9.97 Å². The van der Waals surface area contributed by atoms with Crippen molar-refractivity contribution in [3.05, 3.63) is 105 Å². The summed E-state index contributed by atoms with van der Waals surface area (Å²) >= 11 is 0. The molecule has 2 heterocycles. The zero-order valence-corrected chi connectivity index (χ0v) is 16.4. The third-order valence-corrected chi connectivity index (χ3v) is 5.17. The van der Waals surface area contributed by atoms with E-state index in [2.05, 4.69) is 22.1 Å². The van der Waals surface area contributed by atoms with Gasteiger partial charge in [-0.05, 0) is 30.9 Å². The fraction of sp³-hybridized carbons (Fsp3) is 0.167. The molecule has 0 fully saturated rings. The van der Waals surface area contributed by atoms with Crippen LogP contribution < -0.4 is 5.56 Å². The summed E-state index contributed by atoms with van der Waals surface area (Å²) in [7, 11) is 1.63. The number of carbonyl (C=O) groups excluding carboxylic acids is 1. The predicted octanol–water partition coefficient (Wildman–Crippen LogP) is 3.65. The van der Waals surface area contributed by atoms with E-state index < -0.39 is 0 Å². The van der Waals surface area contributed by atoms with Gasteiger partial charge < -0.3 is 4.57 Å². The lowest BCUT2D eigenvalue weighted by Gasteiger charge is -2.14. The van der Waals surface area contributed by atoms with E-state index in [0.29, 0.717) is 23.2 Å². The Hall–Kier alpha value is -3.60. The summed E-state index contributed by atoms with van der Waals surface area (Å²) in [6.07, 6.45) is 2.91. The monoisotopic (exact) mass is 383 g/mol. The Labute approximate surface area is 168 Å². The van der Waals surface area contributed by atoms with E-state index in [1.807, 2.05) is 43.3 Å². The highest BCUT2D eigenvalue weighted by Gasteiger charge is 2.22. The molecule has 4 rings (SSSR count). The van der Waals surface area contributed by atoms with Crippen molar-refractivity contribution < 1.29 is 4.79 Å². The predicted molar refractivity (Wildman–Crippen MR) is 113 cm³/mol. The van der Waals surface area contributed by atoms with Gasteiger partial charge in [0.2, 0.25) is 0 Å². The molecule has 0 unspecified atom stereocenters. The van der Waals surface area contributed by atoms with Gasteiger partial charge >= 0.3 is 0 Å². The molecule has 144 valence electrons. The minimum absolute atomic E-state index is 0.179. The van der Waals surface area contributed by atoms with Gasteiger partial charge in [0.05, 0.1) is 11.7 Å². The summed E-state index contributed by atoms with van der Waals surface area (Å²) in [5, 5.41) is 0.282. The summed E-state index contributed by atoms with van der Waals surface area (Å²) in [6, 6.07) is 19.2. The van der Waals surface area contributed by atoms with Gasteiger partial charge in [0.25, 0.3) is 5.56 Å². The molecule has 0 amide bonds. The summed E-state index contributed by atoms with van der Waals surface area (Å²) < 4.78 is 1.38. The highest BCUT2D eigenvalue weighted by molar-refractivity contribution is 6.16. The molecule has 29 heavy (non-hydrogen) atoms. The average Bonchev–Trinajstić information content (AvgIpc) is 2.76. The van der Waals surface area contributed by atoms with Crippen molar-refractivity contribution in [3.63, 3.8) is 0 Å². The van der Waals surface area contributed by atoms with Crippen molar-refractivity contribution in [2.24, 2.45) is 7.05 Å². The molecule has 0 N–H and O–H groups in total. The van der Waals surface area contributed by atoms with E-state index in [9.17, 15) is 9.59 Å². The zero-order valence-electron chi connectivity index (χ0n) is 16.4. The molecule has 0 saturated carbocycles. The normalized spacial score (nSPS) is 11.0. The summed E-state index contributed by atoms with van der Waals surface area (Å²) in [6.45, 7) is 1.87. The van der Waals surface area contributed by atoms with Crippen LogP contribution in [0.15, 0.2) is 71.8 Å². The number of fused-ring (bicyclic) bond motifs is 1. The number of hydrogen-bond acceptors (Lipinski definition) is 4. The Morgan fingerprint density at radius 1 is 0.966 bits per heavy atom. The molecule has 4 aromatic rings. The van der Waals surface area contributed by atoms with Crippen LogP contribution in [0.4, 0.5) is 0 Å². The largest absolute Gasteiger partial charge is 0.302 e. The molecule has 2 aromatic heterocycles. The van der Waals surface area contributed by atoms with E-state index in [4.69, 9.17) is 0 Å². The molecule has 0 saturated heterocycles. The van der Waals surface area contributed by atoms with Crippen LogP contribution in [0.3, 0.4) is 0 Å². The molecule has 0 radical (unpaired) electrons. The lowest BCUT2D eigenvalue weighted by molar-refractivity contribution is 0.103. The third-order valence-electron chi connectivity index (χ3n) is 5.17. The maximum Gasteiger partial charge on any atom is 0.263 e. The first-order valence-corrected chi connectivity index (χ1v) is 9.54. The number of aryl methyl sites for hydroxylation is 3. The fourth-order valence-corrected chi connectivity index (χ4v) is 3.55. The van der Waals surface area contributed by atoms with Crippen molar-refractivity contribution >= 4 is 16.8 Å². The Bertz CT molecular complexity index is 1250. The zero-order chi connectivity index (χ0) is 20.4. The molecule has 0 spiro atoms. The van der Waals surface area contributed by atoms with Crippen LogP contribution in [0.25, 0.3) is 11.0 Å². The van der Waals surface area contributed by atoms with Crippen LogP contribution in [0, 0.1) is 6.92 Å².